The number of nitrogens with zero attached hydrogens (tertiary/aromatic N) is 2. The second-order valence-corrected chi connectivity index (χ2v) is 8.55. The predicted molar refractivity (Wildman–Crippen MR) is 131 cm³/mol. The summed E-state index contributed by atoms with van der Waals surface area (Å²) in [7, 11) is 0. The van der Waals surface area contributed by atoms with Crippen LogP contribution >= 0.6 is 23.2 Å². The van der Waals surface area contributed by atoms with Crippen LogP contribution < -0.4 is 5.56 Å². The zero-order valence-electron chi connectivity index (χ0n) is 17.3. The molecule has 33 heavy (non-hydrogen) atoms. The van der Waals surface area contributed by atoms with Gasteiger partial charge in [0, 0.05) is 39.1 Å². The number of aromatic nitrogens is 3. The SMILES string of the molecule is O=C(c1ccc2[nH]c(=O)cc(-c3cccc(Cl)c3)c2c1)c1cncn1Cc1ccc(Cl)cc1. The van der Waals surface area contributed by atoms with E-state index < -0.39 is 0 Å². The van der Waals surface area contributed by atoms with E-state index in [0.717, 1.165) is 16.5 Å². The Morgan fingerprint density at radius 2 is 1.76 bits per heavy atom. The van der Waals surface area contributed by atoms with E-state index >= 15 is 0 Å². The van der Waals surface area contributed by atoms with Crippen molar-refractivity contribution in [3.8, 4) is 11.1 Å². The monoisotopic (exact) mass is 473 g/mol. The quantitative estimate of drug-likeness (QED) is 0.319. The predicted octanol–water partition coefficient (Wildman–Crippen LogP) is 5.98. The van der Waals surface area contributed by atoms with Crippen LogP contribution in [0.5, 0.6) is 0 Å². The van der Waals surface area contributed by atoms with Crippen LogP contribution in [0.1, 0.15) is 21.6 Å². The Morgan fingerprint density at radius 3 is 2.55 bits per heavy atom. The van der Waals surface area contributed by atoms with Gasteiger partial charge in [-0.1, -0.05) is 47.5 Å². The molecule has 1 N–H and O–H groups in total. The van der Waals surface area contributed by atoms with Gasteiger partial charge >= 0.3 is 0 Å². The van der Waals surface area contributed by atoms with E-state index in [0.29, 0.717) is 38.9 Å². The van der Waals surface area contributed by atoms with Gasteiger partial charge in [0.05, 0.1) is 12.5 Å². The van der Waals surface area contributed by atoms with Crippen molar-refractivity contribution < 1.29 is 4.79 Å². The van der Waals surface area contributed by atoms with Crippen molar-refractivity contribution >= 4 is 39.9 Å². The summed E-state index contributed by atoms with van der Waals surface area (Å²) < 4.78 is 1.81. The van der Waals surface area contributed by atoms with Gasteiger partial charge in [-0.05, 0) is 59.2 Å². The van der Waals surface area contributed by atoms with Gasteiger partial charge < -0.3 is 9.55 Å². The Labute approximate surface area is 199 Å². The lowest BCUT2D eigenvalue weighted by atomic mass is 9.98. The first-order valence-corrected chi connectivity index (χ1v) is 11.0. The van der Waals surface area contributed by atoms with Crippen molar-refractivity contribution in [2.24, 2.45) is 0 Å². The molecule has 0 atom stereocenters. The van der Waals surface area contributed by atoms with E-state index in [-0.39, 0.29) is 11.3 Å². The van der Waals surface area contributed by atoms with E-state index in [1.807, 2.05) is 36.4 Å². The van der Waals surface area contributed by atoms with Crippen LogP contribution in [-0.4, -0.2) is 20.3 Å². The number of halogens is 2. The van der Waals surface area contributed by atoms with E-state index in [9.17, 15) is 9.59 Å². The van der Waals surface area contributed by atoms with Gasteiger partial charge in [-0.25, -0.2) is 4.98 Å². The zero-order valence-corrected chi connectivity index (χ0v) is 18.8. The molecule has 7 heteroatoms. The van der Waals surface area contributed by atoms with Crippen LogP contribution in [0.2, 0.25) is 10.0 Å². The highest BCUT2D eigenvalue weighted by Gasteiger charge is 2.17. The molecular formula is C26H17Cl2N3O2. The molecule has 162 valence electrons. The number of nitrogens with one attached hydrogen (secondary N) is 1. The fourth-order valence-electron chi connectivity index (χ4n) is 3.86. The number of aromatic amines is 1. The van der Waals surface area contributed by atoms with Gasteiger partial charge in [-0.2, -0.15) is 0 Å². The molecule has 3 aromatic carbocycles. The van der Waals surface area contributed by atoms with Crippen molar-refractivity contribution in [3.05, 3.63) is 123 Å². The molecule has 5 rings (SSSR count). The highest BCUT2D eigenvalue weighted by atomic mass is 35.5. The van der Waals surface area contributed by atoms with Gasteiger partial charge in [0.15, 0.2) is 0 Å². The van der Waals surface area contributed by atoms with E-state index in [1.165, 1.54) is 6.07 Å². The molecule has 0 amide bonds. The molecule has 0 aliphatic heterocycles. The Kier molecular flexibility index (Phi) is 5.58. The molecule has 5 nitrogen and oxygen atoms in total. The molecule has 0 saturated heterocycles. The lowest BCUT2D eigenvalue weighted by Gasteiger charge is -2.11. The third-order valence-corrected chi connectivity index (χ3v) is 5.94. The number of hydrogen-bond donors (Lipinski definition) is 1. The Bertz CT molecular complexity index is 1550. The normalized spacial score (nSPS) is 11.1. The average molecular weight is 474 g/mol. The lowest BCUT2D eigenvalue weighted by molar-refractivity contribution is 0.103. The Morgan fingerprint density at radius 1 is 0.939 bits per heavy atom. The van der Waals surface area contributed by atoms with Gasteiger partial charge in [-0.3, -0.25) is 9.59 Å². The maximum atomic E-state index is 13.4. The number of carbonyl (C=O) groups is 1. The van der Waals surface area contributed by atoms with Crippen LogP contribution in [0.15, 0.2) is 90.1 Å². The number of hydrogen-bond acceptors (Lipinski definition) is 3. The van der Waals surface area contributed by atoms with E-state index in [4.69, 9.17) is 23.2 Å². The highest BCUT2D eigenvalue weighted by molar-refractivity contribution is 6.31. The number of pyridine rings is 1. The summed E-state index contributed by atoms with van der Waals surface area (Å²) in [6.07, 6.45) is 3.20. The zero-order chi connectivity index (χ0) is 22.9. The number of carbonyl (C=O) groups excluding carboxylic acids is 1. The summed E-state index contributed by atoms with van der Waals surface area (Å²) in [4.78, 5) is 32.7. The van der Waals surface area contributed by atoms with Gasteiger partial charge in [-0.15, -0.1) is 0 Å². The molecule has 5 aromatic rings. The molecule has 2 heterocycles. The molecule has 0 spiro atoms. The maximum Gasteiger partial charge on any atom is 0.249 e. The minimum atomic E-state index is -0.224. The fourth-order valence-corrected chi connectivity index (χ4v) is 4.18. The topological polar surface area (TPSA) is 67.8 Å². The number of H-pyrrole nitrogens is 1. The summed E-state index contributed by atoms with van der Waals surface area (Å²) in [6.45, 7) is 0.493. The molecule has 0 saturated carbocycles. The molecule has 0 fully saturated rings. The third-order valence-electron chi connectivity index (χ3n) is 5.45. The maximum absolute atomic E-state index is 13.4. The molecule has 0 bridgehead atoms. The molecule has 2 aromatic heterocycles. The second-order valence-electron chi connectivity index (χ2n) is 7.68. The first kappa shape index (κ1) is 21.2. The minimum absolute atomic E-state index is 0.161. The van der Waals surface area contributed by atoms with Crippen molar-refractivity contribution in [2.45, 2.75) is 6.54 Å². The molecule has 0 unspecified atom stereocenters. The third kappa shape index (κ3) is 4.33. The summed E-state index contributed by atoms with van der Waals surface area (Å²) >= 11 is 12.1. The number of rotatable bonds is 5. The van der Waals surface area contributed by atoms with Crippen LogP contribution in [0.4, 0.5) is 0 Å². The van der Waals surface area contributed by atoms with Crippen LogP contribution in [0.25, 0.3) is 22.0 Å². The van der Waals surface area contributed by atoms with Gasteiger partial charge in [0.2, 0.25) is 11.3 Å². The first-order chi connectivity index (χ1) is 16.0. The van der Waals surface area contributed by atoms with Crippen molar-refractivity contribution in [1.29, 1.82) is 0 Å². The first-order valence-electron chi connectivity index (χ1n) is 10.2. The van der Waals surface area contributed by atoms with Crippen LogP contribution in [-0.2, 0) is 6.54 Å². The fraction of sp³-hybridized carbons (Fsp3) is 0.0385. The number of imidazole rings is 1. The molecule has 0 radical (unpaired) electrons. The van der Waals surface area contributed by atoms with Gasteiger partial charge in [0.25, 0.3) is 0 Å². The van der Waals surface area contributed by atoms with Gasteiger partial charge in [0.1, 0.15) is 5.69 Å². The summed E-state index contributed by atoms with van der Waals surface area (Å²) in [5.41, 5.74) is 3.90. The summed E-state index contributed by atoms with van der Waals surface area (Å²) in [5, 5.41) is 1.98. The largest absolute Gasteiger partial charge is 0.323 e. The Hall–Kier alpha value is -3.67. The number of fused-ring (bicyclic) bond motifs is 1. The van der Waals surface area contributed by atoms with Crippen LogP contribution in [0.3, 0.4) is 0 Å². The minimum Gasteiger partial charge on any atom is -0.323 e. The molecule has 0 aliphatic rings. The van der Waals surface area contributed by atoms with Crippen molar-refractivity contribution in [3.63, 3.8) is 0 Å². The van der Waals surface area contributed by atoms with Crippen molar-refractivity contribution in [1.82, 2.24) is 14.5 Å². The lowest BCUT2D eigenvalue weighted by Crippen LogP contribution is -2.11. The van der Waals surface area contributed by atoms with E-state index in [2.05, 4.69) is 9.97 Å². The van der Waals surface area contributed by atoms with E-state index in [1.54, 1.807) is 47.4 Å². The Balaban J connectivity index is 1.56. The van der Waals surface area contributed by atoms with Crippen molar-refractivity contribution in [2.75, 3.05) is 0 Å². The molecular weight excluding hydrogens is 457 g/mol. The number of benzene rings is 3. The molecule has 0 aliphatic carbocycles. The summed E-state index contributed by atoms with van der Waals surface area (Å²) in [5.74, 6) is -0.161. The standard InChI is InChI=1S/C26H17Cl2N3O2/c27-19-7-4-16(5-8-19)14-31-15-29-13-24(31)26(33)18-6-9-23-22(11-18)21(12-25(32)30-23)17-2-1-3-20(28)10-17/h1-13,15H,14H2,(H,30,32). The highest BCUT2D eigenvalue weighted by Crippen LogP contribution is 2.29. The summed E-state index contributed by atoms with van der Waals surface area (Å²) in [6, 6.07) is 21.5. The smallest absolute Gasteiger partial charge is 0.249 e. The average Bonchev–Trinajstić information content (AvgIpc) is 3.27. The number of ketones is 1. The second kappa shape index (κ2) is 8.70. The van der Waals surface area contributed by atoms with Crippen LogP contribution in [0, 0.1) is 0 Å².